The molecule has 1 aliphatic rings. The molecule has 2 aromatic carbocycles. The van der Waals surface area contributed by atoms with Gasteiger partial charge < -0.3 is 9.47 Å². The van der Waals surface area contributed by atoms with E-state index in [1.165, 1.54) is 0 Å². The van der Waals surface area contributed by atoms with Crippen LogP contribution in [-0.4, -0.2) is 7.11 Å². The average Bonchev–Trinajstić information content (AvgIpc) is 2.47. The molecule has 0 saturated heterocycles. The molecule has 1 heterocycles. The summed E-state index contributed by atoms with van der Waals surface area (Å²) in [7, 11) is 1.67. The lowest BCUT2D eigenvalue weighted by Crippen LogP contribution is -2.09. The van der Waals surface area contributed by atoms with Crippen LogP contribution in [0.2, 0.25) is 0 Å². The van der Waals surface area contributed by atoms with E-state index in [2.05, 4.69) is 34.1 Å². The van der Waals surface area contributed by atoms with Crippen LogP contribution < -0.4 is 9.47 Å². The van der Waals surface area contributed by atoms with E-state index in [1.54, 1.807) is 7.11 Å². The molecule has 3 rings (SSSR count). The van der Waals surface area contributed by atoms with E-state index in [9.17, 15) is 0 Å². The number of hydrogen-bond donors (Lipinski definition) is 0. The number of halogens is 1. The number of fused-ring (bicyclic) bond motifs is 1. The van der Waals surface area contributed by atoms with Crippen molar-refractivity contribution in [2.24, 2.45) is 0 Å². The van der Waals surface area contributed by atoms with Gasteiger partial charge in [0.1, 0.15) is 17.6 Å². The summed E-state index contributed by atoms with van der Waals surface area (Å²) in [5, 5.41) is 0. The van der Waals surface area contributed by atoms with Crippen molar-refractivity contribution < 1.29 is 9.47 Å². The first-order valence-corrected chi connectivity index (χ1v) is 6.84. The summed E-state index contributed by atoms with van der Waals surface area (Å²) in [6.07, 6.45) is 4.06. The molecule has 0 radical (unpaired) electrons. The van der Waals surface area contributed by atoms with Crippen molar-refractivity contribution in [1.82, 2.24) is 0 Å². The molecule has 2 aromatic rings. The van der Waals surface area contributed by atoms with Gasteiger partial charge in [0.2, 0.25) is 0 Å². The highest BCUT2D eigenvalue weighted by Crippen LogP contribution is 2.37. The highest BCUT2D eigenvalue weighted by atomic mass is 79.9. The molecule has 0 N–H and O–H groups in total. The molecule has 0 spiro atoms. The predicted octanol–water partition coefficient (Wildman–Crippen LogP) is 4.60. The molecule has 19 heavy (non-hydrogen) atoms. The number of benzene rings is 2. The summed E-state index contributed by atoms with van der Waals surface area (Å²) in [5.74, 6) is 1.69. The summed E-state index contributed by atoms with van der Waals surface area (Å²) in [4.78, 5) is 0. The van der Waals surface area contributed by atoms with Crippen LogP contribution in [0, 0.1) is 0 Å². The second-order valence-corrected chi connectivity index (χ2v) is 5.24. The van der Waals surface area contributed by atoms with Gasteiger partial charge in [-0.15, -0.1) is 0 Å². The highest BCUT2D eigenvalue weighted by molar-refractivity contribution is 9.10. The molecular formula is C16H13BrO2. The minimum atomic E-state index is -0.0484. The predicted molar refractivity (Wildman–Crippen MR) is 79.5 cm³/mol. The van der Waals surface area contributed by atoms with E-state index < -0.39 is 0 Å². The number of methoxy groups -OCH3 is 1. The minimum absolute atomic E-state index is 0.0484. The van der Waals surface area contributed by atoms with Gasteiger partial charge in [-0.1, -0.05) is 34.1 Å². The highest BCUT2D eigenvalue weighted by Gasteiger charge is 2.18. The minimum Gasteiger partial charge on any atom is -0.496 e. The Balaban J connectivity index is 1.93. The Morgan fingerprint density at radius 2 is 1.89 bits per heavy atom. The average molecular weight is 317 g/mol. The summed E-state index contributed by atoms with van der Waals surface area (Å²) < 4.78 is 12.4. The molecule has 0 aromatic heterocycles. The van der Waals surface area contributed by atoms with E-state index >= 15 is 0 Å². The van der Waals surface area contributed by atoms with Gasteiger partial charge in [-0.3, -0.25) is 0 Å². The quantitative estimate of drug-likeness (QED) is 0.805. The first-order valence-electron chi connectivity index (χ1n) is 6.05. The smallest absolute Gasteiger partial charge is 0.142 e. The lowest BCUT2D eigenvalue weighted by molar-refractivity contribution is 0.250. The van der Waals surface area contributed by atoms with E-state index in [4.69, 9.17) is 9.47 Å². The fourth-order valence-electron chi connectivity index (χ4n) is 2.16. The van der Waals surface area contributed by atoms with Crippen molar-refractivity contribution in [3.63, 3.8) is 0 Å². The van der Waals surface area contributed by atoms with Gasteiger partial charge in [-0.2, -0.15) is 0 Å². The molecule has 0 amide bonds. The van der Waals surface area contributed by atoms with Crippen LogP contribution in [0.5, 0.6) is 11.5 Å². The first kappa shape index (κ1) is 12.3. The van der Waals surface area contributed by atoms with Gasteiger partial charge in [-0.25, -0.2) is 0 Å². The van der Waals surface area contributed by atoms with Crippen molar-refractivity contribution in [1.29, 1.82) is 0 Å². The summed E-state index contributed by atoms with van der Waals surface area (Å²) in [6.45, 7) is 0. The summed E-state index contributed by atoms with van der Waals surface area (Å²) >= 11 is 3.44. The molecular weight excluding hydrogens is 304 g/mol. The Kier molecular flexibility index (Phi) is 3.30. The fourth-order valence-corrected chi connectivity index (χ4v) is 2.42. The molecule has 1 aliphatic heterocycles. The molecule has 1 atom stereocenters. The number of ether oxygens (including phenoxy) is 2. The molecule has 0 saturated carbocycles. The van der Waals surface area contributed by atoms with E-state index in [1.807, 2.05) is 36.4 Å². The largest absolute Gasteiger partial charge is 0.496 e. The van der Waals surface area contributed by atoms with Crippen LogP contribution >= 0.6 is 15.9 Å². The third kappa shape index (κ3) is 2.38. The van der Waals surface area contributed by atoms with Gasteiger partial charge in [-0.05, 0) is 42.0 Å². The molecule has 96 valence electrons. The van der Waals surface area contributed by atoms with Crippen LogP contribution in [0.1, 0.15) is 17.2 Å². The van der Waals surface area contributed by atoms with Gasteiger partial charge in [0.05, 0.1) is 12.7 Å². The normalized spacial score (nSPS) is 16.6. The van der Waals surface area contributed by atoms with Crippen LogP contribution in [0.3, 0.4) is 0 Å². The monoisotopic (exact) mass is 316 g/mol. The maximum absolute atomic E-state index is 6.02. The van der Waals surface area contributed by atoms with E-state index in [0.717, 1.165) is 27.1 Å². The Morgan fingerprint density at radius 3 is 2.63 bits per heavy atom. The van der Waals surface area contributed by atoms with Gasteiger partial charge in [0, 0.05) is 4.47 Å². The van der Waals surface area contributed by atoms with Crippen molar-refractivity contribution in [2.45, 2.75) is 6.10 Å². The summed E-state index contributed by atoms with van der Waals surface area (Å²) in [6, 6.07) is 14.0. The van der Waals surface area contributed by atoms with Gasteiger partial charge in [0.25, 0.3) is 0 Å². The zero-order valence-electron chi connectivity index (χ0n) is 10.5. The van der Waals surface area contributed by atoms with E-state index in [-0.39, 0.29) is 6.10 Å². The second kappa shape index (κ2) is 5.10. The first-order chi connectivity index (χ1) is 9.28. The zero-order chi connectivity index (χ0) is 13.2. The maximum Gasteiger partial charge on any atom is 0.142 e. The van der Waals surface area contributed by atoms with Crippen LogP contribution in [0.15, 0.2) is 53.0 Å². The Morgan fingerprint density at radius 1 is 1.11 bits per heavy atom. The Labute approximate surface area is 120 Å². The molecule has 0 fully saturated rings. The maximum atomic E-state index is 6.02. The van der Waals surface area contributed by atoms with Gasteiger partial charge >= 0.3 is 0 Å². The lowest BCUT2D eigenvalue weighted by atomic mass is 10.0. The van der Waals surface area contributed by atoms with Crippen LogP contribution in [0.25, 0.3) is 6.08 Å². The Hall–Kier alpha value is -1.74. The second-order valence-electron chi connectivity index (χ2n) is 4.32. The molecule has 2 nitrogen and oxygen atoms in total. The number of rotatable bonds is 2. The zero-order valence-corrected chi connectivity index (χ0v) is 12.1. The SMILES string of the molecule is COc1cccc2c1C=CC(c1ccc(Br)cc1)O2. The Bertz CT molecular complexity index is 617. The topological polar surface area (TPSA) is 18.5 Å². The van der Waals surface area contributed by atoms with Crippen molar-refractivity contribution >= 4 is 22.0 Å². The third-order valence-corrected chi connectivity index (χ3v) is 3.66. The molecule has 0 bridgehead atoms. The molecule has 3 heteroatoms. The van der Waals surface area contributed by atoms with Crippen molar-refractivity contribution in [3.05, 3.63) is 64.1 Å². The van der Waals surface area contributed by atoms with Crippen molar-refractivity contribution in [2.75, 3.05) is 7.11 Å². The lowest BCUT2D eigenvalue weighted by Gasteiger charge is -2.23. The third-order valence-electron chi connectivity index (χ3n) is 3.14. The molecule has 0 aliphatic carbocycles. The standard InChI is InChI=1S/C16H13BrO2/c1-18-15-3-2-4-16-13(15)9-10-14(19-16)11-5-7-12(17)8-6-11/h2-10,14H,1H3. The van der Waals surface area contributed by atoms with Crippen LogP contribution in [0.4, 0.5) is 0 Å². The molecule has 1 unspecified atom stereocenters. The number of hydrogen-bond acceptors (Lipinski definition) is 2. The summed E-state index contributed by atoms with van der Waals surface area (Å²) in [5.41, 5.74) is 2.13. The van der Waals surface area contributed by atoms with Crippen LogP contribution in [-0.2, 0) is 0 Å². The van der Waals surface area contributed by atoms with Crippen molar-refractivity contribution in [3.8, 4) is 11.5 Å². The van der Waals surface area contributed by atoms with E-state index in [0.29, 0.717) is 0 Å². The fraction of sp³-hybridized carbons (Fsp3) is 0.125. The van der Waals surface area contributed by atoms with Gasteiger partial charge in [0.15, 0.2) is 0 Å².